The second-order valence-corrected chi connectivity index (χ2v) is 8.06. The Balaban J connectivity index is 3.31. The van der Waals surface area contributed by atoms with Crippen LogP contribution in [-0.4, -0.2) is 44.1 Å². The molecule has 0 saturated carbocycles. The molecule has 0 radical (unpaired) electrons. The van der Waals surface area contributed by atoms with E-state index in [4.69, 9.17) is 22.9 Å². The van der Waals surface area contributed by atoms with Gasteiger partial charge >= 0.3 is 19.5 Å². The summed E-state index contributed by atoms with van der Waals surface area (Å²) >= 11 is 0. The number of Topliss-reactive ketones (excluding diaryl/α,β-unsaturated/α-hetero) is 1. The van der Waals surface area contributed by atoms with Crippen LogP contribution in [0.25, 0.3) is 0 Å². The Morgan fingerprint density at radius 2 is 1.59 bits per heavy atom. The van der Waals surface area contributed by atoms with Crippen molar-refractivity contribution in [2.75, 3.05) is 26.4 Å². The summed E-state index contributed by atoms with van der Waals surface area (Å²) in [5, 5.41) is 0. The number of esters is 2. The number of hydrogen-bond donors (Lipinski definition) is 0. The molecule has 0 aliphatic rings. The van der Waals surface area contributed by atoms with Gasteiger partial charge in [-0.25, -0.2) is 4.79 Å². The zero-order valence-corrected chi connectivity index (χ0v) is 18.4. The first-order valence-electron chi connectivity index (χ1n) is 9.55. The van der Waals surface area contributed by atoms with Crippen LogP contribution < -0.4 is 0 Å². The van der Waals surface area contributed by atoms with Crippen molar-refractivity contribution in [3.05, 3.63) is 23.2 Å². The molecule has 1 rings (SSSR count). The average molecular weight is 432 g/mol. The first kappa shape index (κ1) is 25.1. The van der Waals surface area contributed by atoms with E-state index in [1.807, 2.05) is 0 Å². The van der Waals surface area contributed by atoms with Crippen molar-refractivity contribution in [3.8, 4) is 0 Å². The van der Waals surface area contributed by atoms with Gasteiger partial charge in [0, 0.05) is 0 Å². The highest BCUT2D eigenvalue weighted by Gasteiger charge is 2.33. The zero-order valence-electron chi connectivity index (χ0n) is 17.5. The van der Waals surface area contributed by atoms with Crippen LogP contribution in [0.4, 0.5) is 0 Å². The van der Waals surface area contributed by atoms with Gasteiger partial charge in [0.05, 0.1) is 26.4 Å². The van der Waals surface area contributed by atoms with E-state index in [1.54, 1.807) is 27.7 Å². The largest absolute Gasteiger partial charge is 0.465 e. The third kappa shape index (κ3) is 7.42. The van der Waals surface area contributed by atoms with Crippen LogP contribution in [0.15, 0.2) is 10.5 Å². The van der Waals surface area contributed by atoms with E-state index in [1.165, 1.54) is 13.0 Å². The minimum Gasteiger partial charge on any atom is -0.465 e. The third-order valence-electron chi connectivity index (χ3n) is 3.85. The Morgan fingerprint density at radius 1 is 1.00 bits per heavy atom. The molecule has 0 aromatic carbocycles. The fraction of sp³-hybridized carbons (Fsp3) is 0.632. The SMILES string of the molecule is CCOC(=O)c1cc(CC(C(C)=O)C(=O)OCC)c(CP(=O)(OCC)OCC)o1. The molecule has 1 aromatic heterocycles. The summed E-state index contributed by atoms with van der Waals surface area (Å²) < 4.78 is 38.9. The highest BCUT2D eigenvalue weighted by molar-refractivity contribution is 7.53. The fourth-order valence-corrected chi connectivity index (χ4v) is 4.29. The fourth-order valence-electron chi connectivity index (χ4n) is 2.63. The van der Waals surface area contributed by atoms with E-state index in [9.17, 15) is 18.9 Å². The molecule has 0 aliphatic heterocycles. The van der Waals surface area contributed by atoms with Crippen LogP contribution in [0, 0.1) is 5.92 Å². The van der Waals surface area contributed by atoms with Gasteiger partial charge in [-0.05, 0) is 52.7 Å². The van der Waals surface area contributed by atoms with Crippen LogP contribution >= 0.6 is 7.60 Å². The smallest absolute Gasteiger partial charge is 0.374 e. The van der Waals surface area contributed by atoms with Gasteiger partial charge in [0.15, 0.2) is 0 Å². The molecule has 9 nitrogen and oxygen atoms in total. The van der Waals surface area contributed by atoms with Crippen molar-refractivity contribution in [2.24, 2.45) is 5.92 Å². The molecule has 29 heavy (non-hydrogen) atoms. The van der Waals surface area contributed by atoms with E-state index in [0.29, 0.717) is 5.56 Å². The molecule has 0 spiro atoms. The highest BCUT2D eigenvalue weighted by Crippen LogP contribution is 2.52. The van der Waals surface area contributed by atoms with Crippen molar-refractivity contribution < 1.29 is 41.9 Å². The molecule has 0 bridgehead atoms. The number of carbonyl (C=O) groups excluding carboxylic acids is 3. The van der Waals surface area contributed by atoms with E-state index < -0.39 is 31.2 Å². The molecule has 0 saturated heterocycles. The lowest BCUT2D eigenvalue weighted by Crippen LogP contribution is -2.26. The third-order valence-corrected chi connectivity index (χ3v) is 5.83. The Kier molecular flexibility index (Phi) is 10.3. The van der Waals surface area contributed by atoms with Crippen molar-refractivity contribution in [1.82, 2.24) is 0 Å². The molecule has 0 fully saturated rings. The minimum atomic E-state index is -3.55. The Morgan fingerprint density at radius 3 is 2.07 bits per heavy atom. The summed E-state index contributed by atoms with van der Waals surface area (Å²) in [5.41, 5.74) is 0.362. The lowest BCUT2D eigenvalue weighted by Gasteiger charge is -2.17. The van der Waals surface area contributed by atoms with Crippen molar-refractivity contribution in [3.63, 3.8) is 0 Å². The predicted octanol–water partition coefficient (Wildman–Crippen LogP) is 3.53. The lowest BCUT2D eigenvalue weighted by molar-refractivity contribution is -0.151. The van der Waals surface area contributed by atoms with Gasteiger partial charge in [0.25, 0.3) is 0 Å². The lowest BCUT2D eigenvalue weighted by atomic mass is 9.96. The van der Waals surface area contributed by atoms with E-state index in [0.717, 1.165) is 0 Å². The Bertz CT molecular complexity index is 743. The molecular formula is C19H29O9P. The molecule has 10 heteroatoms. The quantitative estimate of drug-likeness (QED) is 0.262. The monoisotopic (exact) mass is 432 g/mol. The van der Waals surface area contributed by atoms with Crippen molar-refractivity contribution in [1.29, 1.82) is 0 Å². The van der Waals surface area contributed by atoms with Gasteiger partial charge < -0.3 is 22.9 Å². The van der Waals surface area contributed by atoms with E-state index >= 15 is 0 Å². The summed E-state index contributed by atoms with van der Waals surface area (Å²) in [4.78, 5) is 36.2. The first-order chi connectivity index (χ1) is 13.7. The number of rotatable bonds is 13. The maximum absolute atomic E-state index is 12.9. The number of furan rings is 1. The molecule has 1 atom stereocenters. The van der Waals surface area contributed by atoms with Crippen LogP contribution in [0.3, 0.4) is 0 Å². The summed E-state index contributed by atoms with van der Waals surface area (Å²) in [7, 11) is -3.55. The van der Waals surface area contributed by atoms with Crippen molar-refractivity contribution >= 4 is 25.3 Å². The van der Waals surface area contributed by atoms with Gasteiger partial charge in [-0.3, -0.25) is 14.2 Å². The molecule has 1 aromatic rings. The number of ketones is 1. The molecule has 164 valence electrons. The van der Waals surface area contributed by atoms with Gasteiger partial charge in [0.1, 0.15) is 23.6 Å². The summed E-state index contributed by atoms with van der Waals surface area (Å²) in [6.45, 7) is 8.47. The molecule has 0 aliphatic carbocycles. The van der Waals surface area contributed by atoms with E-state index in [2.05, 4.69) is 0 Å². The number of ether oxygens (including phenoxy) is 2. The maximum Gasteiger partial charge on any atom is 0.374 e. The van der Waals surface area contributed by atoms with Crippen LogP contribution in [-0.2, 0) is 45.3 Å². The van der Waals surface area contributed by atoms with Crippen molar-refractivity contribution in [2.45, 2.75) is 47.2 Å². The molecule has 0 N–H and O–H groups in total. The second-order valence-electron chi connectivity index (χ2n) is 6.00. The topological polar surface area (TPSA) is 118 Å². The Hall–Kier alpha value is -1.96. The zero-order chi connectivity index (χ0) is 22.0. The van der Waals surface area contributed by atoms with Gasteiger partial charge in [0.2, 0.25) is 5.76 Å². The molecular weight excluding hydrogens is 403 g/mol. The predicted molar refractivity (Wildman–Crippen MR) is 104 cm³/mol. The average Bonchev–Trinajstić information content (AvgIpc) is 3.02. The molecule has 1 unspecified atom stereocenters. The summed E-state index contributed by atoms with van der Waals surface area (Å²) in [6.07, 6.45) is -0.332. The maximum atomic E-state index is 12.9. The first-order valence-corrected chi connectivity index (χ1v) is 11.3. The standard InChI is InChI=1S/C19H29O9P/c1-6-24-18(21)15(13(5)20)10-14-11-16(19(22)25-7-2)28-17(14)12-29(23,26-8-3)27-9-4/h11,15H,6-10,12H2,1-5H3. The Labute approximate surface area is 170 Å². The highest BCUT2D eigenvalue weighted by atomic mass is 31.2. The summed E-state index contributed by atoms with van der Waals surface area (Å²) in [5.74, 6) is -2.86. The molecule has 1 heterocycles. The number of hydrogen-bond acceptors (Lipinski definition) is 9. The van der Waals surface area contributed by atoms with Crippen LogP contribution in [0.2, 0.25) is 0 Å². The van der Waals surface area contributed by atoms with Gasteiger partial charge in [-0.15, -0.1) is 0 Å². The van der Waals surface area contributed by atoms with Crippen LogP contribution in [0.5, 0.6) is 0 Å². The van der Waals surface area contributed by atoms with Gasteiger partial charge in [-0.1, -0.05) is 0 Å². The normalized spacial score (nSPS) is 12.4. The number of carbonyl (C=O) groups is 3. The minimum absolute atomic E-state index is 0.0787. The van der Waals surface area contributed by atoms with Gasteiger partial charge in [-0.2, -0.15) is 0 Å². The molecule has 0 amide bonds. The van der Waals surface area contributed by atoms with E-state index in [-0.39, 0.29) is 50.5 Å². The summed E-state index contributed by atoms with van der Waals surface area (Å²) in [6, 6.07) is 1.38. The van der Waals surface area contributed by atoms with Crippen LogP contribution in [0.1, 0.15) is 56.5 Å². The second kappa shape index (κ2) is 11.9.